The standard InChI is InChI=1S/C10H12BrF3N2O/c11-7-1-2-9(8(15)5-7)16(3-4-17)6-10(12,13)14/h1-2,5,17H,3-4,6,15H2. The maximum Gasteiger partial charge on any atom is 0.405 e. The van der Waals surface area contributed by atoms with Gasteiger partial charge in [0, 0.05) is 11.0 Å². The number of nitrogen functional groups attached to an aromatic ring is 1. The molecule has 0 radical (unpaired) electrons. The Morgan fingerprint density at radius 3 is 2.47 bits per heavy atom. The zero-order chi connectivity index (χ0) is 13.1. The molecule has 0 spiro atoms. The van der Waals surface area contributed by atoms with E-state index in [0.29, 0.717) is 4.47 Å². The third-order valence-corrected chi connectivity index (χ3v) is 2.56. The van der Waals surface area contributed by atoms with Crippen LogP contribution < -0.4 is 10.6 Å². The van der Waals surface area contributed by atoms with Crippen LogP contribution in [0.25, 0.3) is 0 Å². The molecular weight excluding hydrogens is 301 g/mol. The Kier molecular flexibility index (Phi) is 4.64. The summed E-state index contributed by atoms with van der Waals surface area (Å²) in [6, 6.07) is 4.61. The molecule has 1 aromatic carbocycles. The predicted molar refractivity (Wildman–Crippen MR) is 63.9 cm³/mol. The number of halogens is 4. The van der Waals surface area contributed by atoms with Crippen LogP contribution in [-0.2, 0) is 0 Å². The van der Waals surface area contributed by atoms with Crippen molar-refractivity contribution in [1.29, 1.82) is 0 Å². The van der Waals surface area contributed by atoms with Gasteiger partial charge in [-0.1, -0.05) is 15.9 Å². The number of alkyl halides is 3. The Morgan fingerprint density at radius 2 is 2.00 bits per heavy atom. The van der Waals surface area contributed by atoms with Crippen LogP contribution in [0.1, 0.15) is 0 Å². The fourth-order valence-electron chi connectivity index (χ4n) is 1.44. The number of hydrogen-bond donors (Lipinski definition) is 2. The van der Waals surface area contributed by atoms with Crippen molar-refractivity contribution in [1.82, 2.24) is 0 Å². The smallest absolute Gasteiger partial charge is 0.397 e. The van der Waals surface area contributed by atoms with Gasteiger partial charge in [0.2, 0.25) is 0 Å². The van der Waals surface area contributed by atoms with E-state index in [9.17, 15) is 13.2 Å². The van der Waals surface area contributed by atoms with Crippen LogP contribution in [0.3, 0.4) is 0 Å². The number of hydrogen-bond acceptors (Lipinski definition) is 3. The summed E-state index contributed by atoms with van der Waals surface area (Å²) in [4.78, 5) is 1.00. The van der Waals surface area contributed by atoms with E-state index in [4.69, 9.17) is 10.8 Å². The largest absolute Gasteiger partial charge is 0.405 e. The molecule has 0 amide bonds. The van der Waals surface area contributed by atoms with Gasteiger partial charge in [-0.25, -0.2) is 0 Å². The number of nitrogens with two attached hydrogens (primary N) is 1. The number of anilines is 2. The van der Waals surface area contributed by atoms with Gasteiger partial charge in [-0.15, -0.1) is 0 Å². The van der Waals surface area contributed by atoms with E-state index in [1.54, 1.807) is 6.07 Å². The van der Waals surface area contributed by atoms with E-state index in [1.165, 1.54) is 12.1 Å². The topological polar surface area (TPSA) is 49.5 Å². The van der Waals surface area contributed by atoms with Crippen LogP contribution in [0.15, 0.2) is 22.7 Å². The number of aliphatic hydroxyl groups excluding tert-OH is 1. The molecule has 0 aliphatic heterocycles. The number of nitrogens with zero attached hydrogens (tertiary/aromatic N) is 1. The highest BCUT2D eigenvalue weighted by Gasteiger charge is 2.31. The van der Waals surface area contributed by atoms with Crippen molar-refractivity contribution >= 4 is 27.3 Å². The van der Waals surface area contributed by atoms with Gasteiger partial charge >= 0.3 is 6.18 Å². The summed E-state index contributed by atoms with van der Waals surface area (Å²) in [5.41, 5.74) is 6.15. The number of aliphatic hydroxyl groups is 1. The van der Waals surface area contributed by atoms with Crippen LogP contribution in [0, 0.1) is 0 Å². The van der Waals surface area contributed by atoms with E-state index < -0.39 is 12.7 Å². The van der Waals surface area contributed by atoms with E-state index in [1.807, 2.05) is 0 Å². The van der Waals surface area contributed by atoms with Crippen LogP contribution in [-0.4, -0.2) is 31.0 Å². The molecule has 0 atom stereocenters. The molecule has 3 N–H and O–H groups in total. The molecule has 0 bridgehead atoms. The predicted octanol–water partition coefficient (Wildman–Crippen LogP) is 2.39. The molecule has 0 unspecified atom stereocenters. The number of benzene rings is 1. The lowest BCUT2D eigenvalue weighted by molar-refractivity contribution is -0.119. The second-order valence-corrected chi connectivity index (χ2v) is 4.38. The van der Waals surface area contributed by atoms with E-state index in [2.05, 4.69) is 15.9 Å². The fourth-order valence-corrected chi connectivity index (χ4v) is 1.81. The van der Waals surface area contributed by atoms with Gasteiger partial charge in [0.1, 0.15) is 6.54 Å². The van der Waals surface area contributed by atoms with Crippen molar-refractivity contribution < 1.29 is 18.3 Å². The zero-order valence-electron chi connectivity index (χ0n) is 8.84. The first-order valence-electron chi connectivity index (χ1n) is 4.81. The summed E-state index contributed by atoms with van der Waals surface area (Å²) in [7, 11) is 0. The first kappa shape index (κ1) is 14.1. The van der Waals surface area contributed by atoms with Gasteiger partial charge in [-0.3, -0.25) is 0 Å². The van der Waals surface area contributed by atoms with Crippen molar-refractivity contribution in [2.45, 2.75) is 6.18 Å². The Labute approximate surface area is 105 Å². The first-order chi connectivity index (χ1) is 7.83. The molecule has 0 aliphatic carbocycles. The normalized spacial score (nSPS) is 11.6. The van der Waals surface area contributed by atoms with Crippen molar-refractivity contribution in [3.8, 4) is 0 Å². The Hall–Kier alpha value is -0.950. The number of rotatable bonds is 4. The van der Waals surface area contributed by atoms with Crippen molar-refractivity contribution in [3.63, 3.8) is 0 Å². The molecule has 7 heteroatoms. The molecule has 0 aromatic heterocycles. The van der Waals surface area contributed by atoms with Gasteiger partial charge in [-0.2, -0.15) is 13.2 Å². The van der Waals surface area contributed by atoms with Crippen molar-refractivity contribution in [2.75, 3.05) is 30.3 Å². The summed E-state index contributed by atoms with van der Waals surface area (Å²) in [5.74, 6) is 0. The zero-order valence-corrected chi connectivity index (χ0v) is 10.4. The minimum absolute atomic E-state index is 0.120. The van der Waals surface area contributed by atoms with Gasteiger partial charge in [-0.05, 0) is 18.2 Å². The molecule has 0 saturated heterocycles. The molecule has 96 valence electrons. The van der Waals surface area contributed by atoms with Crippen LogP contribution in [0.5, 0.6) is 0 Å². The van der Waals surface area contributed by atoms with Gasteiger partial charge in [0.15, 0.2) is 0 Å². The molecule has 3 nitrogen and oxygen atoms in total. The van der Waals surface area contributed by atoms with E-state index in [0.717, 1.165) is 4.90 Å². The SMILES string of the molecule is Nc1cc(Br)ccc1N(CCO)CC(F)(F)F. The molecule has 1 rings (SSSR count). The van der Waals surface area contributed by atoms with Crippen molar-refractivity contribution in [2.24, 2.45) is 0 Å². The van der Waals surface area contributed by atoms with Crippen LogP contribution in [0.2, 0.25) is 0 Å². The lowest BCUT2D eigenvalue weighted by Crippen LogP contribution is -2.36. The van der Waals surface area contributed by atoms with Crippen molar-refractivity contribution in [3.05, 3.63) is 22.7 Å². The Morgan fingerprint density at radius 1 is 1.35 bits per heavy atom. The average molecular weight is 313 g/mol. The maximum absolute atomic E-state index is 12.4. The quantitative estimate of drug-likeness (QED) is 0.839. The summed E-state index contributed by atoms with van der Waals surface area (Å²) in [6.45, 7) is -1.63. The third-order valence-electron chi connectivity index (χ3n) is 2.07. The summed E-state index contributed by atoms with van der Waals surface area (Å²) in [6.07, 6.45) is -4.34. The maximum atomic E-state index is 12.4. The Balaban J connectivity index is 2.97. The molecule has 0 heterocycles. The monoisotopic (exact) mass is 312 g/mol. The van der Waals surface area contributed by atoms with Crippen LogP contribution in [0.4, 0.5) is 24.5 Å². The lowest BCUT2D eigenvalue weighted by Gasteiger charge is -2.26. The summed E-state index contributed by atoms with van der Waals surface area (Å²) < 4.78 is 37.7. The lowest BCUT2D eigenvalue weighted by atomic mass is 10.2. The Bertz CT molecular complexity index is 384. The van der Waals surface area contributed by atoms with Gasteiger partial charge < -0.3 is 15.7 Å². The summed E-state index contributed by atoms with van der Waals surface area (Å²) in [5, 5.41) is 8.78. The third kappa shape index (κ3) is 4.43. The second kappa shape index (κ2) is 5.59. The van der Waals surface area contributed by atoms with Gasteiger partial charge in [0.05, 0.1) is 18.0 Å². The van der Waals surface area contributed by atoms with Gasteiger partial charge in [0.25, 0.3) is 0 Å². The molecule has 1 aromatic rings. The molecular formula is C10H12BrF3N2O. The second-order valence-electron chi connectivity index (χ2n) is 3.46. The molecule has 17 heavy (non-hydrogen) atoms. The molecule has 0 aliphatic rings. The highest BCUT2D eigenvalue weighted by Crippen LogP contribution is 2.29. The van der Waals surface area contributed by atoms with E-state index in [-0.39, 0.29) is 24.5 Å². The van der Waals surface area contributed by atoms with Crippen LogP contribution >= 0.6 is 15.9 Å². The summed E-state index contributed by atoms with van der Waals surface area (Å²) >= 11 is 3.18. The minimum Gasteiger partial charge on any atom is -0.397 e. The highest BCUT2D eigenvalue weighted by molar-refractivity contribution is 9.10. The average Bonchev–Trinajstić information content (AvgIpc) is 2.14. The first-order valence-corrected chi connectivity index (χ1v) is 5.60. The fraction of sp³-hybridized carbons (Fsp3) is 0.400. The molecule has 0 saturated carbocycles. The molecule has 0 fully saturated rings. The highest BCUT2D eigenvalue weighted by atomic mass is 79.9. The van der Waals surface area contributed by atoms with E-state index >= 15 is 0 Å². The minimum atomic E-state index is -4.34.